The molecule has 2 fully saturated rings. The van der Waals surface area contributed by atoms with Gasteiger partial charge < -0.3 is 5.32 Å². The van der Waals surface area contributed by atoms with Gasteiger partial charge in [0.05, 0.1) is 17.0 Å². The van der Waals surface area contributed by atoms with Gasteiger partial charge in [-0.1, -0.05) is 12.1 Å². The average Bonchev–Trinajstić information content (AvgIpc) is 3.14. The first-order valence-electron chi connectivity index (χ1n) is 7.17. The fraction of sp³-hybridized carbons (Fsp3) is 0.533. The summed E-state index contributed by atoms with van der Waals surface area (Å²) >= 11 is 0. The van der Waals surface area contributed by atoms with Crippen LogP contribution >= 0.6 is 0 Å². The van der Waals surface area contributed by atoms with Gasteiger partial charge >= 0.3 is 0 Å². The van der Waals surface area contributed by atoms with Gasteiger partial charge in [-0.2, -0.15) is 0 Å². The molecule has 1 heterocycles. The van der Waals surface area contributed by atoms with E-state index < -0.39 is 32.9 Å². The lowest BCUT2D eigenvalue weighted by atomic mass is 10.0. The van der Waals surface area contributed by atoms with Crippen molar-refractivity contribution < 1.29 is 22.0 Å². The number of hydrogen-bond donors (Lipinski definition) is 1. The van der Waals surface area contributed by atoms with E-state index in [4.69, 9.17) is 0 Å². The van der Waals surface area contributed by atoms with Crippen molar-refractivity contribution in [2.75, 3.05) is 11.5 Å². The van der Waals surface area contributed by atoms with Crippen molar-refractivity contribution in [2.24, 2.45) is 5.92 Å². The number of rotatable bonds is 3. The third-order valence-electron chi connectivity index (χ3n) is 4.44. The van der Waals surface area contributed by atoms with Crippen LogP contribution in [0.15, 0.2) is 18.2 Å². The van der Waals surface area contributed by atoms with Gasteiger partial charge in [-0.3, -0.25) is 4.79 Å². The lowest BCUT2D eigenvalue weighted by Crippen LogP contribution is -2.47. The summed E-state index contributed by atoms with van der Waals surface area (Å²) < 4.78 is 50.0. The lowest BCUT2D eigenvalue weighted by molar-refractivity contribution is -0.123. The van der Waals surface area contributed by atoms with Crippen LogP contribution in [0.1, 0.15) is 31.2 Å². The summed E-state index contributed by atoms with van der Waals surface area (Å²) in [6.07, 6.45) is 0.835. The molecule has 3 rings (SSSR count). The number of carbonyl (C=O) groups excluding carboxylic acids is 1. The number of benzene rings is 1. The molecule has 1 saturated carbocycles. The highest BCUT2D eigenvalue weighted by Gasteiger charge is 2.48. The van der Waals surface area contributed by atoms with Gasteiger partial charge in [0.15, 0.2) is 21.5 Å². The highest BCUT2D eigenvalue weighted by atomic mass is 32.2. The maximum Gasteiger partial charge on any atom is 0.224 e. The van der Waals surface area contributed by atoms with Gasteiger partial charge in [0.2, 0.25) is 5.91 Å². The highest BCUT2D eigenvalue weighted by molar-refractivity contribution is 7.91. The van der Waals surface area contributed by atoms with E-state index in [0.717, 1.165) is 6.07 Å². The maximum absolute atomic E-state index is 13.7. The first kappa shape index (κ1) is 15.4. The molecular formula is C15H17F2NO3S. The highest BCUT2D eigenvalue weighted by Crippen LogP contribution is 2.49. The summed E-state index contributed by atoms with van der Waals surface area (Å²) in [6, 6.07) is 3.95. The van der Waals surface area contributed by atoms with Gasteiger partial charge in [0.1, 0.15) is 0 Å². The molecule has 0 aromatic heterocycles. The second-order valence-electron chi connectivity index (χ2n) is 6.48. The molecule has 1 aliphatic carbocycles. The van der Waals surface area contributed by atoms with Crippen molar-refractivity contribution in [3.8, 4) is 0 Å². The number of sulfone groups is 1. The number of hydrogen-bond acceptors (Lipinski definition) is 3. The summed E-state index contributed by atoms with van der Waals surface area (Å²) in [4.78, 5) is 12.2. The Morgan fingerprint density at radius 1 is 1.36 bits per heavy atom. The first-order chi connectivity index (χ1) is 10.2. The zero-order valence-corrected chi connectivity index (χ0v) is 12.9. The van der Waals surface area contributed by atoms with Crippen LogP contribution in [0.4, 0.5) is 8.78 Å². The molecule has 7 heteroatoms. The second-order valence-corrected chi connectivity index (χ2v) is 8.67. The number of carbonyl (C=O) groups is 1. The molecule has 1 amide bonds. The van der Waals surface area contributed by atoms with Crippen molar-refractivity contribution in [3.05, 3.63) is 35.4 Å². The Kier molecular flexibility index (Phi) is 3.51. The minimum atomic E-state index is -3.11. The molecule has 0 spiro atoms. The van der Waals surface area contributed by atoms with E-state index in [1.54, 1.807) is 6.92 Å². The molecule has 4 nitrogen and oxygen atoms in total. The molecule has 0 unspecified atom stereocenters. The molecule has 0 bridgehead atoms. The number of nitrogens with one attached hydrogen (secondary N) is 1. The van der Waals surface area contributed by atoms with Crippen LogP contribution in [0.5, 0.6) is 0 Å². The van der Waals surface area contributed by atoms with E-state index >= 15 is 0 Å². The third-order valence-corrected chi connectivity index (χ3v) is 6.34. The van der Waals surface area contributed by atoms with Gasteiger partial charge in [0, 0.05) is 5.92 Å². The van der Waals surface area contributed by atoms with Crippen molar-refractivity contribution in [1.29, 1.82) is 0 Å². The molecular weight excluding hydrogens is 312 g/mol. The van der Waals surface area contributed by atoms with E-state index in [1.807, 2.05) is 0 Å². The zero-order chi connectivity index (χ0) is 16.1. The van der Waals surface area contributed by atoms with Crippen molar-refractivity contribution in [3.63, 3.8) is 0 Å². The monoisotopic (exact) mass is 329 g/mol. The van der Waals surface area contributed by atoms with Crippen LogP contribution in [-0.4, -0.2) is 31.4 Å². The minimum Gasteiger partial charge on any atom is -0.350 e. The average molecular weight is 329 g/mol. The third kappa shape index (κ3) is 2.86. The standard InChI is InChI=1S/C15H17F2NO3S/c1-15(5-6-22(20,21)8-15)18-14(19)11-7-10(11)9-3-2-4-12(16)13(9)17/h2-4,10-11H,5-8H2,1H3,(H,18,19)/t10-,11+,15+/m1/s1. The Balaban J connectivity index is 1.68. The predicted octanol–water partition coefficient (Wildman–Crippen LogP) is 1.76. The minimum absolute atomic E-state index is 0.0659. The molecule has 1 aromatic rings. The van der Waals surface area contributed by atoms with Crippen LogP contribution in [-0.2, 0) is 14.6 Å². The van der Waals surface area contributed by atoms with Crippen LogP contribution in [0.3, 0.4) is 0 Å². The first-order valence-corrected chi connectivity index (χ1v) is 8.99. The van der Waals surface area contributed by atoms with E-state index in [-0.39, 0.29) is 28.9 Å². The Bertz CT molecular complexity index is 734. The van der Waals surface area contributed by atoms with Crippen LogP contribution in [0.25, 0.3) is 0 Å². The maximum atomic E-state index is 13.7. The molecule has 22 heavy (non-hydrogen) atoms. The van der Waals surface area contributed by atoms with E-state index in [2.05, 4.69) is 5.32 Å². The van der Waals surface area contributed by atoms with E-state index in [0.29, 0.717) is 12.8 Å². The number of halogens is 2. The Morgan fingerprint density at radius 3 is 2.73 bits per heavy atom. The summed E-state index contributed by atoms with van der Waals surface area (Å²) in [5.41, 5.74) is -0.548. The Hall–Kier alpha value is -1.50. The lowest BCUT2D eigenvalue weighted by Gasteiger charge is -2.24. The number of amides is 1. The van der Waals surface area contributed by atoms with E-state index in [1.165, 1.54) is 12.1 Å². The quantitative estimate of drug-likeness (QED) is 0.919. The topological polar surface area (TPSA) is 63.2 Å². The van der Waals surface area contributed by atoms with Gasteiger partial charge in [0.25, 0.3) is 0 Å². The summed E-state index contributed by atoms with van der Waals surface area (Å²) in [7, 11) is -3.11. The van der Waals surface area contributed by atoms with E-state index in [9.17, 15) is 22.0 Å². The SMILES string of the molecule is C[C@]1(NC(=O)[C@H]2C[C@@H]2c2cccc(F)c2F)CCS(=O)(=O)C1. The zero-order valence-electron chi connectivity index (χ0n) is 12.1. The fourth-order valence-electron chi connectivity index (χ4n) is 3.13. The van der Waals surface area contributed by atoms with Gasteiger partial charge in [-0.15, -0.1) is 0 Å². The fourth-order valence-corrected chi connectivity index (χ4v) is 5.23. The molecule has 3 atom stereocenters. The second kappa shape index (κ2) is 5.01. The van der Waals surface area contributed by atoms with Crippen LogP contribution < -0.4 is 5.32 Å². The molecule has 1 N–H and O–H groups in total. The van der Waals surface area contributed by atoms with Gasteiger partial charge in [-0.05, 0) is 37.3 Å². The largest absolute Gasteiger partial charge is 0.350 e. The summed E-state index contributed by atoms with van der Waals surface area (Å²) in [5.74, 6) is -2.87. The van der Waals surface area contributed by atoms with Crippen LogP contribution in [0.2, 0.25) is 0 Å². The molecule has 1 aliphatic heterocycles. The van der Waals surface area contributed by atoms with Crippen molar-refractivity contribution in [2.45, 2.75) is 31.2 Å². The molecule has 0 radical (unpaired) electrons. The normalized spacial score (nSPS) is 32.7. The summed E-state index contributed by atoms with van der Waals surface area (Å²) in [5, 5.41) is 2.77. The summed E-state index contributed by atoms with van der Waals surface area (Å²) in [6.45, 7) is 1.70. The molecule has 1 aromatic carbocycles. The van der Waals surface area contributed by atoms with Crippen molar-refractivity contribution in [1.82, 2.24) is 5.32 Å². The molecule has 2 aliphatic rings. The Morgan fingerprint density at radius 2 is 2.09 bits per heavy atom. The smallest absolute Gasteiger partial charge is 0.224 e. The molecule has 120 valence electrons. The predicted molar refractivity (Wildman–Crippen MR) is 77.0 cm³/mol. The van der Waals surface area contributed by atoms with Crippen LogP contribution in [0, 0.1) is 17.6 Å². The molecule has 1 saturated heterocycles. The Labute approximate surface area is 127 Å². The van der Waals surface area contributed by atoms with Gasteiger partial charge in [-0.25, -0.2) is 17.2 Å². The van der Waals surface area contributed by atoms with Crippen molar-refractivity contribution >= 4 is 15.7 Å².